The van der Waals surface area contributed by atoms with Crippen molar-refractivity contribution in [1.82, 2.24) is 0 Å². The molecule has 0 heterocycles. The van der Waals surface area contributed by atoms with E-state index in [-0.39, 0.29) is 0 Å². The monoisotopic (exact) mass is 316 g/mol. The van der Waals surface area contributed by atoms with Crippen molar-refractivity contribution in [3.63, 3.8) is 0 Å². The first-order chi connectivity index (χ1) is 10.9. The highest BCUT2D eigenvalue weighted by Gasteiger charge is 2.37. The van der Waals surface area contributed by atoms with E-state index in [2.05, 4.69) is 30.3 Å². The van der Waals surface area contributed by atoms with Crippen molar-refractivity contribution in [2.75, 3.05) is 0 Å². The first-order valence-corrected chi connectivity index (χ1v) is 10.3. The minimum absolute atomic E-state index is 0.360. The first kappa shape index (κ1) is 16.3. The fourth-order valence-corrected chi connectivity index (χ4v) is 5.66. The fraction of sp³-hybridized carbons (Fsp3) is 0.700. The van der Waals surface area contributed by atoms with Crippen LogP contribution in [-0.2, 0) is 4.43 Å². The molecule has 0 aliphatic heterocycles. The molecular weight excluding hydrogens is 284 g/mol. The SMILES string of the molecule is [SiH3]OC(c1ccccc1)C(C1CCCCC1)C1CCCCC1. The van der Waals surface area contributed by atoms with Crippen LogP contribution in [0.2, 0.25) is 0 Å². The zero-order chi connectivity index (χ0) is 15.2. The number of hydrogen-bond donors (Lipinski definition) is 0. The molecule has 0 spiro atoms. The van der Waals surface area contributed by atoms with Gasteiger partial charge in [-0.1, -0.05) is 94.5 Å². The quantitative estimate of drug-likeness (QED) is 0.709. The van der Waals surface area contributed by atoms with Crippen LogP contribution in [0.4, 0.5) is 0 Å². The predicted molar refractivity (Wildman–Crippen MR) is 96.8 cm³/mol. The van der Waals surface area contributed by atoms with E-state index < -0.39 is 0 Å². The molecule has 2 heteroatoms. The molecule has 0 bridgehead atoms. The van der Waals surface area contributed by atoms with Crippen LogP contribution in [0.1, 0.15) is 75.9 Å². The van der Waals surface area contributed by atoms with Gasteiger partial charge >= 0.3 is 0 Å². The van der Waals surface area contributed by atoms with Crippen molar-refractivity contribution < 1.29 is 4.43 Å². The fourth-order valence-electron chi connectivity index (χ4n) is 5.08. The summed E-state index contributed by atoms with van der Waals surface area (Å²) >= 11 is 0. The van der Waals surface area contributed by atoms with E-state index in [4.69, 9.17) is 4.43 Å². The molecule has 0 aromatic heterocycles. The average molecular weight is 317 g/mol. The van der Waals surface area contributed by atoms with E-state index in [1.807, 2.05) is 0 Å². The van der Waals surface area contributed by atoms with Gasteiger partial charge in [0.05, 0.1) is 6.10 Å². The van der Waals surface area contributed by atoms with E-state index in [1.54, 1.807) is 0 Å². The number of hydrogen-bond acceptors (Lipinski definition) is 1. The summed E-state index contributed by atoms with van der Waals surface area (Å²) in [6.45, 7) is 0. The molecule has 1 unspecified atom stereocenters. The normalized spacial score (nSPS) is 23.0. The summed E-state index contributed by atoms with van der Waals surface area (Å²) in [6, 6.07) is 11.1. The Morgan fingerprint density at radius 1 is 0.773 bits per heavy atom. The third kappa shape index (κ3) is 3.83. The summed E-state index contributed by atoms with van der Waals surface area (Å²) in [4.78, 5) is 0. The largest absolute Gasteiger partial charge is 0.421 e. The van der Waals surface area contributed by atoms with Crippen molar-refractivity contribution >= 4 is 10.5 Å². The third-order valence-corrected chi connectivity index (χ3v) is 6.63. The Labute approximate surface area is 139 Å². The van der Waals surface area contributed by atoms with E-state index >= 15 is 0 Å². The molecule has 122 valence electrons. The Balaban J connectivity index is 1.84. The molecule has 1 atom stereocenters. The lowest BCUT2D eigenvalue weighted by Crippen LogP contribution is -2.33. The molecule has 1 aromatic carbocycles. The molecule has 0 N–H and O–H groups in total. The maximum atomic E-state index is 6.24. The minimum atomic E-state index is 0.360. The summed E-state index contributed by atoms with van der Waals surface area (Å²) < 4.78 is 6.24. The van der Waals surface area contributed by atoms with Gasteiger partial charge in [0.2, 0.25) is 0 Å². The average Bonchev–Trinajstić information content (AvgIpc) is 2.62. The Morgan fingerprint density at radius 3 is 1.73 bits per heavy atom. The van der Waals surface area contributed by atoms with Gasteiger partial charge in [0.15, 0.2) is 0 Å². The summed E-state index contributed by atoms with van der Waals surface area (Å²) in [5.41, 5.74) is 1.43. The Bertz CT molecular complexity index is 403. The molecule has 2 saturated carbocycles. The molecule has 0 radical (unpaired) electrons. The molecule has 3 rings (SSSR count). The second kappa shape index (κ2) is 8.31. The third-order valence-electron chi connectivity index (χ3n) is 6.12. The van der Waals surface area contributed by atoms with E-state index in [1.165, 1.54) is 69.8 Å². The van der Waals surface area contributed by atoms with Crippen LogP contribution in [0.25, 0.3) is 0 Å². The van der Waals surface area contributed by atoms with Gasteiger partial charge in [0.1, 0.15) is 10.5 Å². The van der Waals surface area contributed by atoms with Gasteiger partial charge < -0.3 is 4.43 Å². The lowest BCUT2D eigenvalue weighted by molar-refractivity contribution is 0.0284. The lowest BCUT2D eigenvalue weighted by atomic mass is 9.66. The summed E-state index contributed by atoms with van der Waals surface area (Å²) in [6.07, 6.45) is 14.8. The minimum Gasteiger partial charge on any atom is -0.421 e. The standard InChI is InChI=1S/C20H32OSi/c22-21-20(18-14-8-3-9-15-18)19(16-10-4-1-5-11-16)17-12-6-2-7-13-17/h3,8-9,14-17,19-20H,1-2,4-7,10-13H2,22H3. The van der Waals surface area contributed by atoms with Gasteiger partial charge in [-0.3, -0.25) is 0 Å². The van der Waals surface area contributed by atoms with E-state index in [0.717, 1.165) is 28.2 Å². The second-order valence-electron chi connectivity index (χ2n) is 7.44. The van der Waals surface area contributed by atoms with Gasteiger partial charge in [0, 0.05) is 0 Å². The van der Waals surface area contributed by atoms with Gasteiger partial charge in [-0.25, -0.2) is 0 Å². The van der Waals surface area contributed by atoms with Crippen LogP contribution >= 0.6 is 0 Å². The maximum Gasteiger partial charge on any atom is 0.146 e. The second-order valence-corrected chi connectivity index (χ2v) is 7.91. The topological polar surface area (TPSA) is 9.23 Å². The predicted octanol–water partition coefficient (Wildman–Crippen LogP) is 4.80. The first-order valence-electron chi connectivity index (χ1n) is 9.48. The molecule has 22 heavy (non-hydrogen) atoms. The molecule has 0 saturated heterocycles. The van der Waals surface area contributed by atoms with Crippen LogP contribution in [0.15, 0.2) is 30.3 Å². The lowest BCUT2D eigenvalue weighted by Gasteiger charge is -2.42. The summed E-state index contributed by atoms with van der Waals surface area (Å²) in [5, 5.41) is 0. The highest BCUT2D eigenvalue weighted by molar-refractivity contribution is 5.98. The molecule has 2 fully saturated rings. The number of rotatable bonds is 5. The molecule has 1 nitrogen and oxygen atoms in total. The zero-order valence-corrected chi connectivity index (χ0v) is 16.2. The highest BCUT2D eigenvalue weighted by Crippen LogP contribution is 2.46. The van der Waals surface area contributed by atoms with E-state index in [0.29, 0.717) is 6.10 Å². The van der Waals surface area contributed by atoms with Crippen molar-refractivity contribution in [2.45, 2.75) is 70.3 Å². The van der Waals surface area contributed by atoms with E-state index in [9.17, 15) is 0 Å². The maximum absolute atomic E-state index is 6.24. The van der Waals surface area contributed by atoms with Crippen LogP contribution in [-0.4, -0.2) is 10.5 Å². The van der Waals surface area contributed by atoms with Crippen LogP contribution in [0, 0.1) is 17.8 Å². The van der Waals surface area contributed by atoms with Crippen molar-refractivity contribution in [3.05, 3.63) is 35.9 Å². The highest BCUT2D eigenvalue weighted by atomic mass is 28.2. The van der Waals surface area contributed by atoms with Gasteiger partial charge in [-0.2, -0.15) is 0 Å². The van der Waals surface area contributed by atoms with Crippen molar-refractivity contribution in [3.8, 4) is 0 Å². The molecule has 2 aliphatic rings. The molecule has 1 aromatic rings. The smallest absolute Gasteiger partial charge is 0.146 e. The van der Waals surface area contributed by atoms with Gasteiger partial charge in [-0.15, -0.1) is 0 Å². The van der Waals surface area contributed by atoms with Crippen LogP contribution < -0.4 is 0 Å². The van der Waals surface area contributed by atoms with Crippen molar-refractivity contribution in [2.24, 2.45) is 17.8 Å². The van der Waals surface area contributed by atoms with Gasteiger partial charge in [-0.05, 0) is 23.3 Å². The van der Waals surface area contributed by atoms with Crippen LogP contribution in [0.3, 0.4) is 0 Å². The van der Waals surface area contributed by atoms with Gasteiger partial charge in [0.25, 0.3) is 0 Å². The number of benzene rings is 1. The zero-order valence-electron chi connectivity index (χ0n) is 14.2. The Hall–Kier alpha value is -0.603. The summed E-state index contributed by atoms with van der Waals surface area (Å²) in [7, 11) is 0.846. The molecular formula is C20H32OSi. The Kier molecular flexibility index (Phi) is 6.14. The van der Waals surface area contributed by atoms with Crippen LogP contribution in [0.5, 0.6) is 0 Å². The summed E-state index contributed by atoms with van der Waals surface area (Å²) in [5.74, 6) is 2.56. The molecule has 2 aliphatic carbocycles. The van der Waals surface area contributed by atoms with Crippen molar-refractivity contribution in [1.29, 1.82) is 0 Å². The Morgan fingerprint density at radius 2 is 1.27 bits per heavy atom. The molecule has 0 amide bonds.